The summed E-state index contributed by atoms with van der Waals surface area (Å²) in [5.74, 6) is 0.598. The van der Waals surface area contributed by atoms with Crippen molar-refractivity contribution in [1.82, 2.24) is 4.90 Å². The minimum absolute atomic E-state index is 0.221. The first-order chi connectivity index (χ1) is 7.01. The van der Waals surface area contributed by atoms with Gasteiger partial charge in [0.15, 0.2) is 0 Å². The fourth-order valence-electron chi connectivity index (χ4n) is 2.09. The lowest BCUT2D eigenvalue weighted by Crippen LogP contribution is -2.23. The molecule has 1 unspecified atom stereocenters. The molecular formula is C10H19F3N2. The van der Waals surface area contributed by atoms with Crippen LogP contribution in [0.5, 0.6) is 0 Å². The first-order valence-corrected chi connectivity index (χ1v) is 5.50. The lowest BCUT2D eigenvalue weighted by Gasteiger charge is -2.16. The average molecular weight is 224 g/mol. The van der Waals surface area contributed by atoms with E-state index in [-0.39, 0.29) is 6.42 Å². The molecule has 2 nitrogen and oxygen atoms in total. The van der Waals surface area contributed by atoms with Gasteiger partial charge in [0.1, 0.15) is 0 Å². The molecule has 90 valence electrons. The van der Waals surface area contributed by atoms with Crippen molar-refractivity contribution in [2.45, 2.75) is 31.9 Å². The predicted molar refractivity (Wildman–Crippen MR) is 53.5 cm³/mol. The van der Waals surface area contributed by atoms with Gasteiger partial charge in [0.25, 0.3) is 0 Å². The quantitative estimate of drug-likeness (QED) is 0.774. The summed E-state index contributed by atoms with van der Waals surface area (Å²) in [6.07, 6.45) is -2.36. The molecule has 1 fully saturated rings. The zero-order valence-electron chi connectivity index (χ0n) is 8.89. The van der Waals surface area contributed by atoms with Gasteiger partial charge in [0.05, 0.1) is 0 Å². The van der Waals surface area contributed by atoms with Crippen molar-refractivity contribution in [3.63, 3.8) is 0 Å². The first kappa shape index (κ1) is 12.8. The van der Waals surface area contributed by atoms with E-state index in [0.29, 0.717) is 19.0 Å². The van der Waals surface area contributed by atoms with Gasteiger partial charge in [-0.1, -0.05) is 0 Å². The highest BCUT2D eigenvalue weighted by Crippen LogP contribution is 2.23. The second-order valence-electron chi connectivity index (χ2n) is 4.25. The van der Waals surface area contributed by atoms with Gasteiger partial charge in [-0.3, -0.25) is 0 Å². The van der Waals surface area contributed by atoms with Gasteiger partial charge in [0.2, 0.25) is 0 Å². The molecule has 15 heavy (non-hydrogen) atoms. The zero-order chi connectivity index (χ0) is 11.3. The standard InChI is InChI=1S/C10H19F3N2/c11-10(12,13)4-1-6-15-7-3-9(8-15)2-5-14/h9H,1-8,14H2. The SMILES string of the molecule is NCCC1CCN(CCCC(F)(F)F)C1. The van der Waals surface area contributed by atoms with Gasteiger partial charge in [0, 0.05) is 13.0 Å². The molecule has 0 bridgehead atoms. The van der Waals surface area contributed by atoms with Crippen LogP contribution in [0.1, 0.15) is 25.7 Å². The summed E-state index contributed by atoms with van der Waals surface area (Å²) in [5.41, 5.74) is 5.44. The Balaban J connectivity index is 2.09. The molecule has 0 spiro atoms. The number of halogens is 3. The van der Waals surface area contributed by atoms with E-state index >= 15 is 0 Å². The molecule has 2 N–H and O–H groups in total. The number of rotatable bonds is 5. The number of nitrogens with two attached hydrogens (primary N) is 1. The van der Waals surface area contributed by atoms with E-state index in [0.717, 1.165) is 25.9 Å². The van der Waals surface area contributed by atoms with Gasteiger partial charge in [-0.05, 0) is 44.8 Å². The van der Waals surface area contributed by atoms with Crippen LogP contribution < -0.4 is 5.73 Å². The second-order valence-corrected chi connectivity index (χ2v) is 4.25. The maximum absolute atomic E-state index is 11.9. The molecule has 1 atom stereocenters. The maximum Gasteiger partial charge on any atom is 0.389 e. The minimum Gasteiger partial charge on any atom is -0.330 e. The van der Waals surface area contributed by atoms with Crippen molar-refractivity contribution in [3.8, 4) is 0 Å². The molecule has 0 aromatic carbocycles. The molecule has 1 rings (SSSR count). The first-order valence-electron chi connectivity index (χ1n) is 5.50. The van der Waals surface area contributed by atoms with Crippen LogP contribution in [0, 0.1) is 5.92 Å². The average Bonchev–Trinajstić information content (AvgIpc) is 2.51. The molecular weight excluding hydrogens is 205 g/mol. The Morgan fingerprint density at radius 3 is 2.67 bits per heavy atom. The largest absolute Gasteiger partial charge is 0.389 e. The Bertz CT molecular complexity index is 182. The number of likely N-dealkylation sites (tertiary alicyclic amines) is 1. The van der Waals surface area contributed by atoms with Crippen LogP contribution in [0.2, 0.25) is 0 Å². The number of alkyl halides is 3. The Hall–Kier alpha value is -0.290. The minimum atomic E-state index is -4.00. The third-order valence-corrected chi connectivity index (χ3v) is 2.88. The topological polar surface area (TPSA) is 29.3 Å². The van der Waals surface area contributed by atoms with Crippen molar-refractivity contribution < 1.29 is 13.2 Å². The van der Waals surface area contributed by atoms with E-state index in [1.165, 1.54) is 0 Å². The van der Waals surface area contributed by atoms with Crippen molar-refractivity contribution in [2.24, 2.45) is 11.7 Å². The zero-order valence-corrected chi connectivity index (χ0v) is 8.89. The van der Waals surface area contributed by atoms with Gasteiger partial charge in [-0.2, -0.15) is 13.2 Å². The molecule has 1 aliphatic rings. The molecule has 1 heterocycles. The van der Waals surface area contributed by atoms with Gasteiger partial charge in [-0.15, -0.1) is 0 Å². The third kappa shape index (κ3) is 5.37. The number of hydrogen-bond acceptors (Lipinski definition) is 2. The Morgan fingerprint density at radius 1 is 1.33 bits per heavy atom. The molecule has 0 aliphatic carbocycles. The van der Waals surface area contributed by atoms with Crippen LogP contribution in [0.15, 0.2) is 0 Å². The molecule has 5 heteroatoms. The van der Waals surface area contributed by atoms with Gasteiger partial charge >= 0.3 is 6.18 Å². The Labute approximate surface area is 88.6 Å². The van der Waals surface area contributed by atoms with Crippen molar-refractivity contribution >= 4 is 0 Å². The van der Waals surface area contributed by atoms with Crippen LogP contribution in [0.25, 0.3) is 0 Å². The van der Waals surface area contributed by atoms with E-state index in [9.17, 15) is 13.2 Å². The van der Waals surface area contributed by atoms with Crippen LogP contribution in [-0.4, -0.2) is 37.3 Å². The fraction of sp³-hybridized carbons (Fsp3) is 1.00. The highest BCUT2D eigenvalue weighted by atomic mass is 19.4. The summed E-state index contributed by atoms with van der Waals surface area (Å²) in [6.45, 7) is 3.11. The normalized spacial score (nSPS) is 23.6. The Kier molecular flexibility index (Phi) is 4.86. The van der Waals surface area contributed by atoms with Crippen LogP contribution >= 0.6 is 0 Å². The van der Waals surface area contributed by atoms with E-state index < -0.39 is 12.6 Å². The molecule has 0 aromatic rings. The molecule has 1 aliphatic heterocycles. The summed E-state index contributed by atoms with van der Waals surface area (Å²) in [5, 5.41) is 0. The van der Waals surface area contributed by atoms with E-state index in [1.54, 1.807) is 0 Å². The van der Waals surface area contributed by atoms with Crippen LogP contribution in [0.4, 0.5) is 13.2 Å². The molecule has 0 saturated carbocycles. The van der Waals surface area contributed by atoms with Crippen molar-refractivity contribution in [2.75, 3.05) is 26.2 Å². The summed E-state index contributed by atoms with van der Waals surface area (Å²) in [7, 11) is 0. The van der Waals surface area contributed by atoms with E-state index in [4.69, 9.17) is 5.73 Å². The molecule has 0 aromatic heterocycles. The lowest BCUT2D eigenvalue weighted by molar-refractivity contribution is -0.136. The van der Waals surface area contributed by atoms with Gasteiger partial charge in [-0.25, -0.2) is 0 Å². The maximum atomic E-state index is 11.9. The van der Waals surface area contributed by atoms with Crippen molar-refractivity contribution in [1.29, 1.82) is 0 Å². The highest BCUT2D eigenvalue weighted by molar-refractivity contribution is 4.75. The van der Waals surface area contributed by atoms with Crippen LogP contribution in [-0.2, 0) is 0 Å². The monoisotopic (exact) mass is 224 g/mol. The number of hydrogen-bond donors (Lipinski definition) is 1. The molecule has 0 amide bonds. The summed E-state index contributed by atoms with van der Waals surface area (Å²) in [4.78, 5) is 2.12. The predicted octanol–water partition coefficient (Wildman–Crippen LogP) is 2.00. The van der Waals surface area contributed by atoms with Gasteiger partial charge < -0.3 is 10.6 Å². The summed E-state index contributed by atoms with van der Waals surface area (Å²) >= 11 is 0. The summed E-state index contributed by atoms with van der Waals surface area (Å²) in [6, 6.07) is 0. The molecule has 0 radical (unpaired) electrons. The fourth-order valence-corrected chi connectivity index (χ4v) is 2.09. The van der Waals surface area contributed by atoms with E-state index in [2.05, 4.69) is 4.90 Å². The van der Waals surface area contributed by atoms with Crippen LogP contribution in [0.3, 0.4) is 0 Å². The lowest BCUT2D eigenvalue weighted by atomic mass is 10.1. The Morgan fingerprint density at radius 2 is 2.07 bits per heavy atom. The smallest absolute Gasteiger partial charge is 0.330 e. The second kappa shape index (κ2) is 5.70. The third-order valence-electron chi connectivity index (χ3n) is 2.88. The molecule has 1 saturated heterocycles. The van der Waals surface area contributed by atoms with Crippen molar-refractivity contribution in [3.05, 3.63) is 0 Å². The highest BCUT2D eigenvalue weighted by Gasteiger charge is 2.27. The number of nitrogens with zero attached hydrogens (tertiary/aromatic N) is 1. The summed E-state index contributed by atoms with van der Waals surface area (Å²) < 4.78 is 35.7. The van der Waals surface area contributed by atoms with E-state index in [1.807, 2.05) is 0 Å².